The van der Waals surface area contributed by atoms with Gasteiger partial charge in [0, 0.05) is 19.2 Å². The van der Waals surface area contributed by atoms with Crippen LogP contribution in [0.3, 0.4) is 0 Å². The van der Waals surface area contributed by atoms with E-state index in [9.17, 15) is 5.11 Å². The van der Waals surface area contributed by atoms with Crippen molar-refractivity contribution >= 4 is 0 Å². The Hall–Kier alpha value is -1.63. The summed E-state index contributed by atoms with van der Waals surface area (Å²) in [6.45, 7) is 3.63. The zero-order chi connectivity index (χ0) is 14.4. The van der Waals surface area contributed by atoms with Crippen molar-refractivity contribution in [1.82, 2.24) is 10.1 Å². The predicted molar refractivity (Wildman–Crippen MR) is 71.9 cm³/mol. The van der Waals surface area contributed by atoms with Crippen molar-refractivity contribution in [2.75, 3.05) is 20.2 Å². The maximum Gasteiger partial charge on any atom is 0.133 e. The van der Waals surface area contributed by atoms with E-state index in [2.05, 4.69) is 5.16 Å². The van der Waals surface area contributed by atoms with Crippen LogP contribution in [0.1, 0.15) is 17.2 Å². The van der Waals surface area contributed by atoms with Gasteiger partial charge in [-0.2, -0.15) is 0 Å². The number of likely N-dealkylation sites (N-methyl/N-ethyl adjacent to an activating group) is 1. The highest BCUT2D eigenvalue weighted by Gasteiger charge is 2.11. The molecular formula is C14H20N2O4. The predicted octanol–water partition coefficient (Wildman–Crippen LogP) is 1.59. The van der Waals surface area contributed by atoms with Gasteiger partial charge in [-0.3, -0.25) is 4.90 Å². The summed E-state index contributed by atoms with van der Waals surface area (Å²) in [5.41, 5.74) is 0.855. The van der Waals surface area contributed by atoms with E-state index < -0.39 is 6.10 Å². The third-order valence-corrected chi connectivity index (χ3v) is 2.77. The molecule has 2 heterocycles. The van der Waals surface area contributed by atoms with Crippen molar-refractivity contribution in [2.24, 2.45) is 0 Å². The molecule has 0 aromatic carbocycles. The van der Waals surface area contributed by atoms with E-state index >= 15 is 0 Å². The molecular weight excluding hydrogens is 260 g/mol. The fourth-order valence-electron chi connectivity index (χ4n) is 1.94. The fraction of sp³-hybridized carbons (Fsp3) is 0.500. The SMILES string of the molecule is Cc1cc(CN(C)C[C@@H](O)COCc2ccco2)no1. The average Bonchev–Trinajstić information content (AvgIpc) is 3.01. The smallest absolute Gasteiger partial charge is 0.133 e. The van der Waals surface area contributed by atoms with Crippen LogP contribution in [0.2, 0.25) is 0 Å². The van der Waals surface area contributed by atoms with Crippen molar-refractivity contribution in [3.8, 4) is 0 Å². The summed E-state index contributed by atoms with van der Waals surface area (Å²) >= 11 is 0. The Morgan fingerprint density at radius 3 is 3.00 bits per heavy atom. The van der Waals surface area contributed by atoms with Gasteiger partial charge in [0.1, 0.15) is 18.1 Å². The summed E-state index contributed by atoms with van der Waals surface area (Å²) in [4.78, 5) is 1.97. The normalized spacial score (nSPS) is 13.0. The molecule has 2 aromatic rings. The van der Waals surface area contributed by atoms with Gasteiger partial charge in [0.15, 0.2) is 0 Å². The summed E-state index contributed by atoms with van der Waals surface area (Å²) in [7, 11) is 1.92. The molecule has 1 N–H and O–H groups in total. The molecule has 110 valence electrons. The number of ether oxygens (including phenoxy) is 1. The standard InChI is InChI=1S/C14H20N2O4/c1-11-6-12(15-20-11)7-16(2)8-13(17)9-18-10-14-4-3-5-19-14/h3-6,13,17H,7-10H2,1-2H3/t13-/m1/s1. The van der Waals surface area contributed by atoms with Crippen LogP contribution in [0.5, 0.6) is 0 Å². The first kappa shape index (κ1) is 14.8. The summed E-state index contributed by atoms with van der Waals surface area (Å²) in [6, 6.07) is 5.53. The lowest BCUT2D eigenvalue weighted by molar-refractivity contribution is 0.00746. The Bertz CT molecular complexity index is 495. The van der Waals surface area contributed by atoms with Gasteiger partial charge in [0.25, 0.3) is 0 Å². The van der Waals surface area contributed by atoms with Crippen molar-refractivity contribution in [2.45, 2.75) is 26.2 Å². The molecule has 0 aliphatic carbocycles. The molecule has 2 rings (SSSR count). The molecule has 0 radical (unpaired) electrons. The Morgan fingerprint density at radius 1 is 1.50 bits per heavy atom. The molecule has 0 amide bonds. The Kier molecular flexibility index (Phi) is 5.34. The van der Waals surface area contributed by atoms with E-state index in [0.717, 1.165) is 17.2 Å². The van der Waals surface area contributed by atoms with Crippen molar-refractivity contribution in [3.05, 3.63) is 41.7 Å². The summed E-state index contributed by atoms with van der Waals surface area (Å²) < 4.78 is 15.5. The van der Waals surface area contributed by atoms with Gasteiger partial charge in [-0.25, -0.2) is 0 Å². The van der Waals surface area contributed by atoms with Crippen molar-refractivity contribution in [3.63, 3.8) is 0 Å². The zero-order valence-electron chi connectivity index (χ0n) is 11.8. The number of aliphatic hydroxyl groups excluding tert-OH is 1. The van der Waals surface area contributed by atoms with Crippen LogP contribution in [0.25, 0.3) is 0 Å². The molecule has 6 heteroatoms. The molecule has 0 unspecified atom stereocenters. The molecule has 2 aromatic heterocycles. The minimum atomic E-state index is -0.553. The van der Waals surface area contributed by atoms with E-state index in [0.29, 0.717) is 19.7 Å². The van der Waals surface area contributed by atoms with Crippen LogP contribution in [0.4, 0.5) is 0 Å². The summed E-state index contributed by atoms with van der Waals surface area (Å²) in [6.07, 6.45) is 1.05. The lowest BCUT2D eigenvalue weighted by atomic mass is 10.3. The number of aryl methyl sites for hydroxylation is 1. The van der Waals surface area contributed by atoms with Gasteiger partial charge in [0.05, 0.1) is 24.7 Å². The highest BCUT2D eigenvalue weighted by atomic mass is 16.5. The van der Waals surface area contributed by atoms with E-state index in [1.54, 1.807) is 6.26 Å². The van der Waals surface area contributed by atoms with E-state index in [1.165, 1.54) is 0 Å². The first-order valence-corrected chi connectivity index (χ1v) is 6.52. The Morgan fingerprint density at radius 2 is 2.35 bits per heavy atom. The first-order chi connectivity index (χ1) is 9.63. The molecule has 1 atom stereocenters. The first-order valence-electron chi connectivity index (χ1n) is 6.52. The highest BCUT2D eigenvalue weighted by molar-refractivity contribution is 5.03. The number of rotatable bonds is 8. The lowest BCUT2D eigenvalue weighted by Gasteiger charge is -2.19. The molecule has 0 bridgehead atoms. The van der Waals surface area contributed by atoms with E-state index in [4.69, 9.17) is 13.7 Å². The number of hydrogen-bond donors (Lipinski definition) is 1. The molecule has 0 spiro atoms. The van der Waals surface area contributed by atoms with Crippen molar-refractivity contribution in [1.29, 1.82) is 0 Å². The number of furan rings is 1. The molecule has 0 aliphatic rings. The Labute approximate surface area is 117 Å². The van der Waals surface area contributed by atoms with Crippen LogP contribution in [-0.4, -0.2) is 41.5 Å². The van der Waals surface area contributed by atoms with Gasteiger partial charge in [0.2, 0.25) is 0 Å². The minimum absolute atomic E-state index is 0.267. The van der Waals surface area contributed by atoms with Gasteiger partial charge in [-0.1, -0.05) is 5.16 Å². The second-order valence-corrected chi connectivity index (χ2v) is 4.87. The lowest BCUT2D eigenvalue weighted by Crippen LogP contribution is -2.31. The molecule has 20 heavy (non-hydrogen) atoms. The van der Waals surface area contributed by atoms with Crippen LogP contribution >= 0.6 is 0 Å². The summed E-state index contributed by atoms with van der Waals surface area (Å²) in [5.74, 6) is 1.54. The number of aliphatic hydroxyl groups is 1. The number of nitrogens with zero attached hydrogens (tertiary/aromatic N) is 2. The number of hydrogen-bond acceptors (Lipinski definition) is 6. The molecule has 0 aliphatic heterocycles. The highest BCUT2D eigenvalue weighted by Crippen LogP contribution is 2.06. The van der Waals surface area contributed by atoms with Gasteiger partial charge < -0.3 is 18.8 Å². The van der Waals surface area contributed by atoms with Gasteiger partial charge >= 0.3 is 0 Å². The maximum atomic E-state index is 9.89. The van der Waals surface area contributed by atoms with Crippen LogP contribution in [0, 0.1) is 6.92 Å². The van der Waals surface area contributed by atoms with Crippen molar-refractivity contribution < 1.29 is 18.8 Å². The second kappa shape index (κ2) is 7.23. The van der Waals surface area contributed by atoms with E-state index in [1.807, 2.05) is 37.1 Å². The van der Waals surface area contributed by atoms with Gasteiger partial charge in [-0.05, 0) is 26.1 Å². The summed E-state index contributed by atoms with van der Waals surface area (Å²) in [5, 5.41) is 13.8. The van der Waals surface area contributed by atoms with Crippen LogP contribution in [-0.2, 0) is 17.9 Å². The van der Waals surface area contributed by atoms with Crippen LogP contribution in [0.15, 0.2) is 33.4 Å². The molecule has 0 fully saturated rings. The number of aromatic nitrogens is 1. The second-order valence-electron chi connectivity index (χ2n) is 4.87. The maximum absolute atomic E-state index is 9.89. The Balaban J connectivity index is 1.64. The van der Waals surface area contributed by atoms with Gasteiger partial charge in [-0.15, -0.1) is 0 Å². The minimum Gasteiger partial charge on any atom is -0.467 e. The molecule has 0 saturated heterocycles. The molecule has 6 nitrogen and oxygen atoms in total. The van der Waals surface area contributed by atoms with Crippen LogP contribution < -0.4 is 0 Å². The fourth-order valence-corrected chi connectivity index (χ4v) is 1.94. The van der Waals surface area contributed by atoms with E-state index in [-0.39, 0.29) is 6.61 Å². The topological polar surface area (TPSA) is 71.9 Å². The molecule has 0 saturated carbocycles. The third kappa shape index (κ3) is 4.80. The average molecular weight is 280 g/mol. The quantitative estimate of drug-likeness (QED) is 0.791. The third-order valence-electron chi connectivity index (χ3n) is 2.77. The monoisotopic (exact) mass is 280 g/mol. The zero-order valence-corrected chi connectivity index (χ0v) is 11.8. The largest absolute Gasteiger partial charge is 0.467 e.